The number of methoxy groups -OCH3 is 1. The first-order valence-corrected chi connectivity index (χ1v) is 9.53. The highest BCUT2D eigenvalue weighted by molar-refractivity contribution is 6.12. The number of fused-ring (bicyclic) bond motifs is 1. The summed E-state index contributed by atoms with van der Waals surface area (Å²) in [4.78, 5) is 18.9. The van der Waals surface area contributed by atoms with E-state index < -0.39 is 11.7 Å². The zero-order valence-corrected chi connectivity index (χ0v) is 16.5. The number of carbonyl (C=O) groups is 1. The number of aliphatic imine (C=N–C) groups is 1. The third kappa shape index (κ3) is 4.22. The number of hydrogen-bond donors (Lipinski definition) is 1. The minimum Gasteiger partial charge on any atom is -0.383 e. The molecule has 0 aromatic heterocycles. The van der Waals surface area contributed by atoms with Gasteiger partial charge in [-0.25, -0.2) is 4.39 Å². The van der Waals surface area contributed by atoms with Crippen molar-refractivity contribution in [2.75, 3.05) is 37.0 Å². The molecule has 1 aliphatic heterocycles. The van der Waals surface area contributed by atoms with E-state index in [1.165, 1.54) is 12.3 Å². The van der Waals surface area contributed by atoms with Crippen molar-refractivity contribution in [2.24, 2.45) is 4.99 Å². The number of nitrogens with one attached hydrogen (secondary N) is 1. The average molecular weight is 383 g/mol. The van der Waals surface area contributed by atoms with E-state index in [1.54, 1.807) is 19.2 Å². The minimum absolute atomic E-state index is 0.258. The van der Waals surface area contributed by atoms with Gasteiger partial charge in [0.25, 0.3) is 0 Å². The molecular weight excluding hydrogens is 357 g/mol. The van der Waals surface area contributed by atoms with Gasteiger partial charge in [-0.2, -0.15) is 0 Å². The van der Waals surface area contributed by atoms with Gasteiger partial charge in [-0.1, -0.05) is 13.0 Å². The van der Waals surface area contributed by atoms with E-state index in [0.29, 0.717) is 17.9 Å². The maximum atomic E-state index is 14.2. The van der Waals surface area contributed by atoms with Gasteiger partial charge < -0.3 is 15.0 Å². The Bertz CT molecular complexity index is 882. The van der Waals surface area contributed by atoms with Gasteiger partial charge in [0, 0.05) is 43.4 Å². The number of amides is 1. The number of hydrogen-bond acceptors (Lipinski definition) is 4. The van der Waals surface area contributed by atoms with Crippen molar-refractivity contribution in [3.05, 3.63) is 53.3 Å². The summed E-state index contributed by atoms with van der Waals surface area (Å²) in [6, 6.07) is 10.6. The SMILES string of the molecule is CCCN(CCOC)c1ccc(N=CC2C(=O)Nc3cccc(F)c32)cc1C. The van der Waals surface area contributed by atoms with Crippen LogP contribution in [0.5, 0.6) is 0 Å². The van der Waals surface area contributed by atoms with Gasteiger partial charge in [-0.3, -0.25) is 9.79 Å². The standard InChI is InChI=1S/C22H26FN3O2/c1-4-10-26(11-12-28-3)20-9-8-16(13-15(20)2)24-14-17-21-18(23)6-5-7-19(21)25-22(17)27/h5-9,13-14,17H,4,10-12H2,1-3H3,(H,25,27). The summed E-state index contributed by atoms with van der Waals surface area (Å²) in [6.45, 7) is 6.64. The number of rotatable bonds is 8. The lowest BCUT2D eigenvalue weighted by molar-refractivity contribution is -0.115. The highest BCUT2D eigenvalue weighted by Gasteiger charge is 2.31. The highest BCUT2D eigenvalue weighted by Crippen LogP contribution is 2.34. The number of halogens is 1. The van der Waals surface area contributed by atoms with E-state index in [4.69, 9.17) is 4.74 Å². The van der Waals surface area contributed by atoms with Gasteiger partial charge in [-0.05, 0) is 49.2 Å². The minimum atomic E-state index is -0.713. The molecule has 3 rings (SSSR count). The summed E-state index contributed by atoms with van der Waals surface area (Å²) in [5.74, 6) is -1.37. The Morgan fingerprint density at radius 2 is 2.11 bits per heavy atom. The fraction of sp³-hybridized carbons (Fsp3) is 0.364. The number of anilines is 2. The summed E-state index contributed by atoms with van der Waals surface area (Å²) in [5.41, 5.74) is 3.86. The quantitative estimate of drug-likeness (QED) is 0.686. The lowest BCUT2D eigenvalue weighted by Gasteiger charge is -2.26. The van der Waals surface area contributed by atoms with Gasteiger partial charge >= 0.3 is 0 Å². The molecule has 1 unspecified atom stereocenters. The molecule has 1 atom stereocenters. The summed E-state index contributed by atoms with van der Waals surface area (Å²) in [7, 11) is 1.70. The summed E-state index contributed by atoms with van der Waals surface area (Å²) >= 11 is 0. The average Bonchev–Trinajstić information content (AvgIpc) is 3.00. The van der Waals surface area contributed by atoms with Gasteiger partial charge in [0.2, 0.25) is 5.91 Å². The van der Waals surface area contributed by atoms with Gasteiger partial charge in [-0.15, -0.1) is 0 Å². The van der Waals surface area contributed by atoms with E-state index in [9.17, 15) is 9.18 Å². The van der Waals surface area contributed by atoms with Crippen LogP contribution in [-0.4, -0.2) is 38.9 Å². The fourth-order valence-corrected chi connectivity index (χ4v) is 3.51. The van der Waals surface area contributed by atoms with Crippen LogP contribution in [-0.2, 0) is 9.53 Å². The van der Waals surface area contributed by atoms with Crippen molar-refractivity contribution in [2.45, 2.75) is 26.2 Å². The number of benzene rings is 2. The molecule has 0 radical (unpaired) electrons. The van der Waals surface area contributed by atoms with Gasteiger partial charge in [0.05, 0.1) is 12.3 Å². The van der Waals surface area contributed by atoms with Crippen molar-refractivity contribution in [3.8, 4) is 0 Å². The van der Waals surface area contributed by atoms with Crippen LogP contribution in [0.15, 0.2) is 41.4 Å². The van der Waals surface area contributed by atoms with Crippen molar-refractivity contribution >= 4 is 29.2 Å². The summed E-state index contributed by atoms with van der Waals surface area (Å²) < 4.78 is 19.4. The molecule has 0 fully saturated rings. The molecule has 0 aliphatic carbocycles. The molecule has 1 N–H and O–H groups in total. The van der Waals surface area contributed by atoms with Crippen LogP contribution in [0.3, 0.4) is 0 Å². The maximum absolute atomic E-state index is 14.2. The predicted molar refractivity (Wildman–Crippen MR) is 111 cm³/mol. The van der Waals surface area contributed by atoms with Crippen molar-refractivity contribution in [3.63, 3.8) is 0 Å². The van der Waals surface area contributed by atoms with E-state index in [0.717, 1.165) is 36.4 Å². The van der Waals surface area contributed by atoms with E-state index >= 15 is 0 Å². The third-order valence-corrected chi connectivity index (χ3v) is 4.86. The zero-order chi connectivity index (χ0) is 20.1. The smallest absolute Gasteiger partial charge is 0.237 e. The Morgan fingerprint density at radius 1 is 1.29 bits per heavy atom. The normalized spacial score (nSPS) is 15.7. The van der Waals surface area contributed by atoms with Gasteiger partial charge in [0.15, 0.2) is 0 Å². The van der Waals surface area contributed by atoms with Crippen LogP contribution >= 0.6 is 0 Å². The molecule has 6 heteroatoms. The predicted octanol–water partition coefficient (Wildman–Crippen LogP) is 4.44. The first kappa shape index (κ1) is 20.0. The van der Waals surface area contributed by atoms with E-state index in [-0.39, 0.29) is 5.91 Å². The fourth-order valence-electron chi connectivity index (χ4n) is 3.51. The maximum Gasteiger partial charge on any atom is 0.237 e. The molecule has 5 nitrogen and oxygen atoms in total. The van der Waals surface area contributed by atoms with Crippen LogP contribution in [0.4, 0.5) is 21.5 Å². The largest absolute Gasteiger partial charge is 0.383 e. The Labute approximate surface area is 165 Å². The molecule has 0 saturated heterocycles. The van der Waals surface area contributed by atoms with Gasteiger partial charge in [0.1, 0.15) is 11.7 Å². The van der Waals surface area contributed by atoms with Crippen molar-refractivity contribution in [1.29, 1.82) is 0 Å². The summed E-state index contributed by atoms with van der Waals surface area (Å²) in [6.07, 6.45) is 2.57. The molecule has 28 heavy (non-hydrogen) atoms. The monoisotopic (exact) mass is 383 g/mol. The second kappa shape index (κ2) is 8.97. The highest BCUT2D eigenvalue weighted by atomic mass is 19.1. The van der Waals surface area contributed by atoms with Crippen LogP contribution < -0.4 is 10.2 Å². The second-order valence-electron chi connectivity index (χ2n) is 6.90. The molecule has 0 spiro atoms. The summed E-state index contributed by atoms with van der Waals surface area (Å²) in [5, 5.41) is 2.70. The van der Waals surface area contributed by atoms with Crippen molar-refractivity contribution in [1.82, 2.24) is 0 Å². The van der Waals surface area contributed by atoms with Crippen LogP contribution in [0.1, 0.15) is 30.4 Å². The van der Waals surface area contributed by atoms with E-state index in [2.05, 4.69) is 22.1 Å². The molecule has 0 saturated carbocycles. The Kier molecular flexibility index (Phi) is 6.41. The molecule has 1 amide bonds. The number of carbonyl (C=O) groups excluding carboxylic acids is 1. The molecular formula is C22H26FN3O2. The van der Waals surface area contributed by atoms with Crippen LogP contribution in [0.2, 0.25) is 0 Å². The third-order valence-electron chi connectivity index (χ3n) is 4.86. The lowest BCUT2D eigenvalue weighted by Crippen LogP contribution is -2.28. The lowest BCUT2D eigenvalue weighted by atomic mass is 10.0. The van der Waals surface area contributed by atoms with E-state index in [1.807, 2.05) is 25.1 Å². The van der Waals surface area contributed by atoms with Crippen LogP contribution in [0.25, 0.3) is 0 Å². The van der Waals surface area contributed by atoms with Crippen LogP contribution in [0, 0.1) is 12.7 Å². The molecule has 1 aliphatic rings. The van der Waals surface area contributed by atoms with Crippen molar-refractivity contribution < 1.29 is 13.9 Å². The Morgan fingerprint density at radius 3 is 2.82 bits per heavy atom. The second-order valence-corrected chi connectivity index (χ2v) is 6.90. The Balaban J connectivity index is 1.81. The zero-order valence-electron chi connectivity index (χ0n) is 16.5. The molecule has 148 valence electrons. The molecule has 2 aromatic rings. The number of aryl methyl sites for hydroxylation is 1. The first-order valence-electron chi connectivity index (χ1n) is 9.53. The Hall–Kier alpha value is -2.73. The molecule has 0 bridgehead atoms. The topological polar surface area (TPSA) is 53.9 Å². The molecule has 2 aromatic carbocycles. The number of nitrogens with zero attached hydrogens (tertiary/aromatic N) is 2. The first-order chi connectivity index (χ1) is 13.5. The number of ether oxygens (including phenoxy) is 1. The molecule has 1 heterocycles.